The van der Waals surface area contributed by atoms with E-state index in [-0.39, 0.29) is 0 Å². The van der Waals surface area contributed by atoms with E-state index in [2.05, 4.69) is 30.8 Å². The van der Waals surface area contributed by atoms with Crippen LogP contribution in [0, 0.1) is 11.3 Å². The first-order chi connectivity index (χ1) is 7.49. The summed E-state index contributed by atoms with van der Waals surface area (Å²) >= 11 is 0. The number of nitrogens with two attached hydrogens (primary N) is 1. The lowest BCUT2D eigenvalue weighted by atomic mass is 9.95. The van der Waals surface area contributed by atoms with Gasteiger partial charge in [-0.2, -0.15) is 0 Å². The molecule has 4 heteroatoms. The molecule has 1 heterocycles. The van der Waals surface area contributed by atoms with Crippen LogP contribution in [0.25, 0.3) is 0 Å². The summed E-state index contributed by atoms with van der Waals surface area (Å²) < 4.78 is 0. The molecular formula is C12H26N4. The predicted octanol–water partition coefficient (Wildman–Crippen LogP) is 0.975. The summed E-state index contributed by atoms with van der Waals surface area (Å²) in [5, 5.41) is 7.32. The molecule has 1 atom stereocenters. The van der Waals surface area contributed by atoms with E-state index in [4.69, 9.17) is 11.1 Å². The third-order valence-electron chi connectivity index (χ3n) is 3.41. The first kappa shape index (κ1) is 13.5. The number of piperidine rings is 1. The summed E-state index contributed by atoms with van der Waals surface area (Å²) in [6.45, 7) is 5.70. The molecule has 0 bridgehead atoms. The van der Waals surface area contributed by atoms with Crippen molar-refractivity contribution in [1.82, 2.24) is 9.80 Å². The monoisotopic (exact) mass is 226 g/mol. The summed E-state index contributed by atoms with van der Waals surface area (Å²) in [5.74, 6) is 1.15. The van der Waals surface area contributed by atoms with E-state index < -0.39 is 0 Å². The Hall–Kier alpha value is -0.610. The molecule has 94 valence electrons. The number of nitrogens with one attached hydrogen (secondary N) is 1. The fraction of sp³-hybridized carbons (Fsp3) is 0.917. The van der Waals surface area contributed by atoms with Gasteiger partial charge in [0.05, 0.1) is 5.84 Å². The van der Waals surface area contributed by atoms with E-state index in [0.717, 1.165) is 19.0 Å². The molecule has 1 saturated heterocycles. The van der Waals surface area contributed by atoms with Gasteiger partial charge < -0.3 is 15.5 Å². The highest BCUT2D eigenvalue weighted by Gasteiger charge is 2.23. The standard InChI is InChI=1S/C12H26N4/c1-10(8-12(13)14)16-6-4-11(5-7-16)9-15(2)3/h10-11H,4-9H2,1-3H3,(H3,13,14). The Bertz CT molecular complexity index is 219. The average molecular weight is 226 g/mol. The minimum absolute atomic E-state index is 0.308. The molecule has 1 fully saturated rings. The van der Waals surface area contributed by atoms with Crippen molar-refractivity contribution in [2.24, 2.45) is 11.7 Å². The zero-order valence-electron chi connectivity index (χ0n) is 10.9. The Morgan fingerprint density at radius 1 is 1.44 bits per heavy atom. The van der Waals surface area contributed by atoms with Crippen LogP contribution in [0.15, 0.2) is 0 Å². The van der Waals surface area contributed by atoms with Gasteiger partial charge in [-0.05, 0) is 52.9 Å². The van der Waals surface area contributed by atoms with Crippen LogP contribution in [0.5, 0.6) is 0 Å². The Labute approximate surface area is 99.3 Å². The second-order valence-electron chi connectivity index (χ2n) is 5.32. The smallest absolute Gasteiger partial charge is 0.0920 e. The number of hydrogen-bond acceptors (Lipinski definition) is 3. The molecule has 0 aromatic heterocycles. The van der Waals surface area contributed by atoms with Crippen LogP contribution in [0.1, 0.15) is 26.2 Å². The normalized spacial score (nSPS) is 21.2. The Kier molecular flexibility index (Phi) is 5.22. The van der Waals surface area contributed by atoms with Gasteiger partial charge in [-0.25, -0.2) is 0 Å². The summed E-state index contributed by atoms with van der Waals surface area (Å²) in [7, 11) is 4.29. The van der Waals surface area contributed by atoms with Crippen molar-refractivity contribution in [2.45, 2.75) is 32.2 Å². The average Bonchev–Trinajstić information content (AvgIpc) is 2.16. The fourth-order valence-electron chi connectivity index (χ4n) is 2.54. The van der Waals surface area contributed by atoms with E-state index >= 15 is 0 Å². The van der Waals surface area contributed by atoms with Crippen molar-refractivity contribution in [3.63, 3.8) is 0 Å². The molecular weight excluding hydrogens is 200 g/mol. The minimum atomic E-state index is 0.308. The first-order valence-electron chi connectivity index (χ1n) is 6.20. The van der Waals surface area contributed by atoms with Crippen LogP contribution in [-0.2, 0) is 0 Å². The van der Waals surface area contributed by atoms with Gasteiger partial charge in [-0.3, -0.25) is 5.41 Å². The lowest BCUT2D eigenvalue weighted by Crippen LogP contribution is -2.43. The zero-order valence-corrected chi connectivity index (χ0v) is 10.9. The first-order valence-corrected chi connectivity index (χ1v) is 6.20. The topological polar surface area (TPSA) is 56.4 Å². The molecule has 0 spiro atoms. The number of likely N-dealkylation sites (tertiary alicyclic amines) is 1. The van der Waals surface area contributed by atoms with Gasteiger partial charge in [0.2, 0.25) is 0 Å². The maximum Gasteiger partial charge on any atom is 0.0920 e. The van der Waals surface area contributed by atoms with Gasteiger partial charge in [-0.1, -0.05) is 0 Å². The fourth-order valence-corrected chi connectivity index (χ4v) is 2.54. The molecule has 1 aliphatic heterocycles. The number of amidine groups is 1. The molecule has 1 aliphatic rings. The molecule has 0 amide bonds. The molecule has 0 aromatic carbocycles. The maximum absolute atomic E-state index is 7.32. The van der Waals surface area contributed by atoms with Gasteiger partial charge in [0.1, 0.15) is 0 Å². The number of nitrogens with zero attached hydrogens (tertiary/aromatic N) is 2. The van der Waals surface area contributed by atoms with Gasteiger partial charge >= 0.3 is 0 Å². The molecule has 1 unspecified atom stereocenters. The molecule has 0 radical (unpaired) electrons. The SMILES string of the molecule is CC(CC(=N)N)N1CCC(CN(C)C)CC1. The van der Waals surface area contributed by atoms with Crippen molar-refractivity contribution in [3.05, 3.63) is 0 Å². The summed E-state index contributed by atoms with van der Waals surface area (Å²) in [5.41, 5.74) is 5.44. The van der Waals surface area contributed by atoms with E-state index in [0.29, 0.717) is 18.3 Å². The van der Waals surface area contributed by atoms with E-state index in [1.165, 1.54) is 19.4 Å². The Balaban J connectivity index is 2.28. The molecule has 16 heavy (non-hydrogen) atoms. The van der Waals surface area contributed by atoms with Crippen molar-refractivity contribution in [1.29, 1.82) is 5.41 Å². The summed E-state index contributed by atoms with van der Waals surface area (Å²) in [4.78, 5) is 4.74. The van der Waals surface area contributed by atoms with Crippen LogP contribution < -0.4 is 5.73 Å². The van der Waals surface area contributed by atoms with Crippen LogP contribution in [-0.4, -0.2) is 55.4 Å². The van der Waals surface area contributed by atoms with Gasteiger partial charge in [-0.15, -0.1) is 0 Å². The van der Waals surface area contributed by atoms with Crippen molar-refractivity contribution >= 4 is 5.84 Å². The molecule has 0 aromatic rings. The van der Waals surface area contributed by atoms with Crippen LogP contribution in [0.4, 0.5) is 0 Å². The second kappa shape index (κ2) is 6.21. The molecule has 1 rings (SSSR count). The van der Waals surface area contributed by atoms with Crippen LogP contribution >= 0.6 is 0 Å². The van der Waals surface area contributed by atoms with E-state index in [1.54, 1.807) is 0 Å². The second-order valence-corrected chi connectivity index (χ2v) is 5.32. The number of hydrogen-bond donors (Lipinski definition) is 2. The minimum Gasteiger partial charge on any atom is -0.388 e. The van der Waals surface area contributed by atoms with Crippen molar-refractivity contribution < 1.29 is 0 Å². The highest BCUT2D eigenvalue weighted by Crippen LogP contribution is 2.20. The van der Waals surface area contributed by atoms with E-state index in [9.17, 15) is 0 Å². The van der Waals surface area contributed by atoms with Gasteiger partial charge in [0.25, 0.3) is 0 Å². The lowest BCUT2D eigenvalue weighted by molar-refractivity contribution is 0.129. The van der Waals surface area contributed by atoms with Crippen molar-refractivity contribution in [3.8, 4) is 0 Å². The highest BCUT2D eigenvalue weighted by molar-refractivity contribution is 5.77. The molecule has 4 nitrogen and oxygen atoms in total. The van der Waals surface area contributed by atoms with Crippen molar-refractivity contribution in [2.75, 3.05) is 33.7 Å². The molecule has 3 N–H and O–H groups in total. The summed E-state index contributed by atoms with van der Waals surface area (Å²) in [6, 6.07) is 0.429. The third kappa shape index (κ3) is 4.49. The van der Waals surface area contributed by atoms with E-state index in [1.807, 2.05) is 0 Å². The molecule has 0 saturated carbocycles. The maximum atomic E-state index is 7.32. The molecule has 0 aliphatic carbocycles. The quantitative estimate of drug-likeness (QED) is 0.542. The Morgan fingerprint density at radius 2 is 2.00 bits per heavy atom. The lowest BCUT2D eigenvalue weighted by Gasteiger charge is -2.36. The van der Waals surface area contributed by atoms with Gasteiger partial charge in [0.15, 0.2) is 0 Å². The third-order valence-corrected chi connectivity index (χ3v) is 3.41. The summed E-state index contributed by atoms with van der Waals surface area (Å²) in [6.07, 6.45) is 3.26. The van der Waals surface area contributed by atoms with Crippen LogP contribution in [0.3, 0.4) is 0 Å². The van der Waals surface area contributed by atoms with Gasteiger partial charge in [0, 0.05) is 19.0 Å². The largest absolute Gasteiger partial charge is 0.388 e. The van der Waals surface area contributed by atoms with Crippen LogP contribution in [0.2, 0.25) is 0 Å². The zero-order chi connectivity index (χ0) is 12.1. The highest BCUT2D eigenvalue weighted by atomic mass is 15.2. The Morgan fingerprint density at radius 3 is 2.44 bits per heavy atom. The predicted molar refractivity (Wildman–Crippen MR) is 68.8 cm³/mol. The number of rotatable bonds is 5.